The topological polar surface area (TPSA) is 64.6 Å². The number of unbranched alkanes of at least 4 members (excludes halogenated alkanes) is 2. The predicted molar refractivity (Wildman–Crippen MR) is 88.9 cm³/mol. The molecule has 0 aliphatic carbocycles. The number of ether oxygens (including phenoxy) is 2. The molecule has 0 radical (unpaired) electrons. The van der Waals surface area contributed by atoms with Gasteiger partial charge in [0.15, 0.2) is 0 Å². The third-order valence-electron chi connectivity index (χ3n) is 3.12. The van der Waals surface area contributed by atoms with E-state index in [0.29, 0.717) is 25.5 Å². The standard InChI is InChI=1S/C18H27NO4/c1-15(2)13-22-17(20)11-7-4-8-12-19-18(21)23-14-16-9-5-3-6-10-16/h3,5-6,9-10,15H,4,7-8,11-14H2,1-2H3,(H,19,21). The summed E-state index contributed by atoms with van der Waals surface area (Å²) in [7, 11) is 0. The largest absolute Gasteiger partial charge is 0.465 e. The van der Waals surface area contributed by atoms with Crippen LogP contribution in [0.15, 0.2) is 30.3 Å². The molecule has 23 heavy (non-hydrogen) atoms. The van der Waals surface area contributed by atoms with Crippen LogP contribution in [0.5, 0.6) is 0 Å². The number of rotatable bonds is 10. The molecule has 5 heteroatoms. The lowest BCUT2D eigenvalue weighted by Crippen LogP contribution is -2.25. The quantitative estimate of drug-likeness (QED) is 0.527. The van der Waals surface area contributed by atoms with Crippen molar-refractivity contribution in [2.75, 3.05) is 13.2 Å². The molecule has 0 atom stereocenters. The predicted octanol–water partition coefficient (Wildman–Crippen LogP) is 3.67. The van der Waals surface area contributed by atoms with E-state index in [4.69, 9.17) is 9.47 Å². The summed E-state index contributed by atoms with van der Waals surface area (Å²) in [4.78, 5) is 22.9. The molecule has 1 rings (SSSR count). The zero-order chi connectivity index (χ0) is 16.9. The van der Waals surface area contributed by atoms with Crippen molar-refractivity contribution in [2.24, 2.45) is 5.92 Å². The lowest BCUT2D eigenvalue weighted by atomic mass is 10.2. The van der Waals surface area contributed by atoms with Crippen LogP contribution in [0, 0.1) is 5.92 Å². The molecule has 1 aromatic carbocycles. The Labute approximate surface area is 138 Å². The second-order valence-electron chi connectivity index (χ2n) is 5.88. The molecule has 0 aromatic heterocycles. The van der Waals surface area contributed by atoms with Gasteiger partial charge in [-0.3, -0.25) is 4.79 Å². The van der Waals surface area contributed by atoms with Gasteiger partial charge in [-0.1, -0.05) is 50.6 Å². The fourth-order valence-electron chi connectivity index (χ4n) is 1.87. The van der Waals surface area contributed by atoms with Crippen LogP contribution in [0.4, 0.5) is 4.79 Å². The maximum atomic E-state index is 11.5. The van der Waals surface area contributed by atoms with E-state index < -0.39 is 6.09 Å². The smallest absolute Gasteiger partial charge is 0.407 e. The lowest BCUT2D eigenvalue weighted by Gasteiger charge is -2.08. The van der Waals surface area contributed by atoms with Crippen LogP contribution in [-0.2, 0) is 20.9 Å². The van der Waals surface area contributed by atoms with E-state index in [1.165, 1.54) is 0 Å². The maximum absolute atomic E-state index is 11.5. The molecule has 0 heterocycles. The lowest BCUT2D eigenvalue weighted by molar-refractivity contribution is -0.144. The highest BCUT2D eigenvalue weighted by molar-refractivity contribution is 5.69. The normalized spacial score (nSPS) is 10.4. The summed E-state index contributed by atoms with van der Waals surface area (Å²) >= 11 is 0. The minimum absolute atomic E-state index is 0.145. The van der Waals surface area contributed by atoms with Gasteiger partial charge in [0.05, 0.1) is 6.61 Å². The molecule has 128 valence electrons. The van der Waals surface area contributed by atoms with Crippen molar-refractivity contribution < 1.29 is 19.1 Å². The number of hydrogen-bond donors (Lipinski definition) is 1. The summed E-state index contributed by atoms with van der Waals surface area (Å²) in [6.07, 6.45) is 2.49. The first-order chi connectivity index (χ1) is 11.1. The Morgan fingerprint density at radius 2 is 1.78 bits per heavy atom. The summed E-state index contributed by atoms with van der Waals surface area (Å²) in [6.45, 7) is 5.32. The summed E-state index contributed by atoms with van der Waals surface area (Å²) in [5, 5.41) is 2.70. The zero-order valence-electron chi connectivity index (χ0n) is 14.0. The average Bonchev–Trinajstić information content (AvgIpc) is 2.55. The highest BCUT2D eigenvalue weighted by atomic mass is 16.5. The first-order valence-electron chi connectivity index (χ1n) is 8.18. The summed E-state index contributed by atoms with van der Waals surface area (Å²) in [5.41, 5.74) is 0.961. The molecule has 0 saturated heterocycles. The SMILES string of the molecule is CC(C)COC(=O)CCCCCNC(=O)OCc1ccccc1. The van der Waals surface area contributed by atoms with Crippen molar-refractivity contribution in [3.05, 3.63) is 35.9 Å². The molecule has 1 N–H and O–H groups in total. The molecule has 0 aliphatic heterocycles. The van der Waals surface area contributed by atoms with Crippen LogP contribution >= 0.6 is 0 Å². The average molecular weight is 321 g/mol. The van der Waals surface area contributed by atoms with Gasteiger partial charge in [0.1, 0.15) is 6.61 Å². The van der Waals surface area contributed by atoms with Crippen LogP contribution in [0.1, 0.15) is 45.1 Å². The van der Waals surface area contributed by atoms with Crippen molar-refractivity contribution in [1.82, 2.24) is 5.32 Å². The van der Waals surface area contributed by atoms with Gasteiger partial charge in [-0.25, -0.2) is 4.79 Å². The number of carbonyl (C=O) groups excluding carboxylic acids is 2. The first kappa shape index (κ1) is 19.0. The van der Waals surface area contributed by atoms with Gasteiger partial charge in [0, 0.05) is 13.0 Å². The third-order valence-corrected chi connectivity index (χ3v) is 3.12. The van der Waals surface area contributed by atoms with E-state index in [-0.39, 0.29) is 12.6 Å². The molecule has 0 spiro atoms. The molecular formula is C18H27NO4. The number of nitrogens with one attached hydrogen (secondary N) is 1. The molecule has 0 saturated carbocycles. The Morgan fingerprint density at radius 1 is 1.04 bits per heavy atom. The van der Waals surface area contributed by atoms with Crippen LogP contribution in [0.2, 0.25) is 0 Å². The zero-order valence-corrected chi connectivity index (χ0v) is 14.0. The van der Waals surface area contributed by atoms with Gasteiger partial charge in [-0.2, -0.15) is 0 Å². The number of benzene rings is 1. The highest BCUT2D eigenvalue weighted by Gasteiger charge is 2.05. The van der Waals surface area contributed by atoms with Crippen molar-refractivity contribution >= 4 is 12.1 Å². The first-order valence-corrected chi connectivity index (χ1v) is 8.18. The minimum atomic E-state index is -0.412. The van der Waals surface area contributed by atoms with E-state index >= 15 is 0 Å². The Hall–Kier alpha value is -2.04. The molecule has 0 fully saturated rings. The Bertz CT molecular complexity index is 459. The van der Waals surface area contributed by atoms with E-state index in [9.17, 15) is 9.59 Å². The van der Waals surface area contributed by atoms with Crippen LogP contribution in [0.25, 0.3) is 0 Å². The van der Waals surface area contributed by atoms with E-state index in [0.717, 1.165) is 24.8 Å². The van der Waals surface area contributed by atoms with Crippen molar-refractivity contribution in [3.8, 4) is 0 Å². The van der Waals surface area contributed by atoms with Gasteiger partial charge in [0.2, 0.25) is 0 Å². The fourth-order valence-corrected chi connectivity index (χ4v) is 1.87. The van der Waals surface area contributed by atoms with Crippen molar-refractivity contribution in [3.63, 3.8) is 0 Å². The van der Waals surface area contributed by atoms with Gasteiger partial charge in [0.25, 0.3) is 0 Å². The number of esters is 1. The monoisotopic (exact) mass is 321 g/mol. The molecule has 0 aliphatic rings. The number of carbonyl (C=O) groups is 2. The molecule has 1 amide bonds. The molecule has 0 unspecified atom stereocenters. The number of hydrogen-bond acceptors (Lipinski definition) is 4. The van der Waals surface area contributed by atoms with Gasteiger partial charge in [-0.05, 0) is 24.3 Å². The number of alkyl carbamates (subject to hydrolysis) is 1. The number of amides is 1. The molecular weight excluding hydrogens is 294 g/mol. The van der Waals surface area contributed by atoms with Crippen molar-refractivity contribution in [1.29, 1.82) is 0 Å². The second-order valence-corrected chi connectivity index (χ2v) is 5.88. The Morgan fingerprint density at radius 3 is 2.48 bits per heavy atom. The van der Waals surface area contributed by atoms with Gasteiger partial charge < -0.3 is 14.8 Å². The van der Waals surface area contributed by atoms with Gasteiger partial charge in [-0.15, -0.1) is 0 Å². The van der Waals surface area contributed by atoms with E-state index in [1.807, 2.05) is 44.2 Å². The summed E-state index contributed by atoms with van der Waals surface area (Å²) in [6, 6.07) is 9.55. The van der Waals surface area contributed by atoms with Crippen molar-refractivity contribution in [2.45, 2.75) is 46.1 Å². The van der Waals surface area contributed by atoms with Crippen LogP contribution in [0.3, 0.4) is 0 Å². The minimum Gasteiger partial charge on any atom is -0.465 e. The summed E-state index contributed by atoms with van der Waals surface area (Å²) < 4.78 is 10.2. The third kappa shape index (κ3) is 10.3. The Balaban J connectivity index is 1.96. The van der Waals surface area contributed by atoms with E-state index in [1.54, 1.807) is 0 Å². The maximum Gasteiger partial charge on any atom is 0.407 e. The highest BCUT2D eigenvalue weighted by Crippen LogP contribution is 2.03. The second kappa shape index (κ2) is 11.5. The molecule has 1 aromatic rings. The molecule has 0 bridgehead atoms. The summed E-state index contributed by atoms with van der Waals surface area (Å²) in [5.74, 6) is 0.221. The Kier molecular flexibility index (Phi) is 9.52. The van der Waals surface area contributed by atoms with Gasteiger partial charge >= 0.3 is 12.1 Å². The van der Waals surface area contributed by atoms with E-state index in [2.05, 4.69) is 5.32 Å². The molecule has 5 nitrogen and oxygen atoms in total. The van der Waals surface area contributed by atoms with Crippen LogP contribution in [-0.4, -0.2) is 25.2 Å². The fraction of sp³-hybridized carbons (Fsp3) is 0.556. The van der Waals surface area contributed by atoms with Crippen LogP contribution < -0.4 is 5.32 Å².